The maximum Gasteiger partial charge on any atom is 0.303 e. The molecule has 0 spiro atoms. The van der Waals surface area contributed by atoms with Crippen LogP contribution in [-0.4, -0.2) is 32.9 Å². The zero-order valence-corrected chi connectivity index (χ0v) is 8.97. The summed E-state index contributed by atoms with van der Waals surface area (Å²) >= 11 is 5.22. The summed E-state index contributed by atoms with van der Waals surface area (Å²) in [5.41, 5.74) is 5.85. The third kappa shape index (κ3) is 2.64. The van der Waals surface area contributed by atoms with E-state index in [9.17, 15) is 4.79 Å². The van der Waals surface area contributed by atoms with Gasteiger partial charge in [-0.05, 0) is 6.42 Å². The van der Waals surface area contributed by atoms with Crippen molar-refractivity contribution in [1.29, 1.82) is 0 Å². The molecule has 3 atom stereocenters. The summed E-state index contributed by atoms with van der Waals surface area (Å²) in [5.74, 6) is 0.256. The lowest BCUT2D eigenvalue weighted by Gasteiger charge is -2.14. The van der Waals surface area contributed by atoms with Gasteiger partial charge in [0.15, 0.2) is 0 Å². The van der Waals surface area contributed by atoms with E-state index in [1.807, 2.05) is 0 Å². The summed E-state index contributed by atoms with van der Waals surface area (Å²) in [6, 6.07) is 0.106. The number of carbonyl (C=O) groups is 1. The van der Waals surface area contributed by atoms with Crippen molar-refractivity contribution in [2.75, 3.05) is 5.75 Å². The van der Waals surface area contributed by atoms with Gasteiger partial charge in [0.25, 0.3) is 0 Å². The Morgan fingerprint density at radius 3 is 2.83 bits per heavy atom. The highest BCUT2D eigenvalue weighted by molar-refractivity contribution is 9.09. The summed E-state index contributed by atoms with van der Waals surface area (Å²) < 4.78 is 0. The van der Waals surface area contributed by atoms with Crippen molar-refractivity contribution in [2.45, 2.75) is 29.0 Å². The molecule has 3 nitrogen and oxygen atoms in total. The lowest BCUT2D eigenvalue weighted by molar-refractivity contribution is -0.137. The van der Waals surface area contributed by atoms with Crippen LogP contribution >= 0.6 is 27.7 Å². The first kappa shape index (κ1) is 10.3. The lowest BCUT2D eigenvalue weighted by Crippen LogP contribution is -2.35. The predicted octanol–water partition coefficient (Wildman–Crippen LogP) is 1.06. The second-order valence-electron chi connectivity index (χ2n) is 2.90. The van der Waals surface area contributed by atoms with Crippen molar-refractivity contribution in [2.24, 2.45) is 5.73 Å². The summed E-state index contributed by atoms with van der Waals surface area (Å²) in [4.78, 5) is 10.6. The first-order valence-electron chi connectivity index (χ1n) is 3.84. The highest BCUT2D eigenvalue weighted by Crippen LogP contribution is 2.33. The van der Waals surface area contributed by atoms with Gasteiger partial charge in [-0.25, -0.2) is 0 Å². The molecule has 0 unspecified atom stereocenters. The third-order valence-electron chi connectivity index (χ3n) is 1.96. The Hall–Kier alpha value is 0.260. The number of aliphatic carboxylic acids is 1. The van der Waals surface area contributed by atoms with Crippen molar-refractivity contribution < 1.29 is 9.90 Å². The first-order chi connectivity index (χ1) is 5.61. The zero-order valence-electron chi connectivity index (χ0n) is 6.57. The Balaban J connectivity index is 2.29. The molecular weight excluding hydrogens is 242 g/mol. The van der Waals surface area contributed by atoms with Crippen LogP contribution in [0.5, 0.6) is 0 Å². The average Bonchev–Trinajstić information content (AvgIpc) is 2.30. The van der Waals surface area contributed by atoms with Crippen LogP contribution < -0.4 is 5.73 Å². The Labute approximate surface area is 84.2 Å². The topological polar surface area (TPSA) is 63.3 Å². The van der Waals surface area contributed by atoms with E-state index in [0.29, 0.717) is 16.5 Å². The normalized spacial score (nSPS) is 35.3. The van der Waals surface area contributed by atoms with Crippen molar-refractivity contribution in [3.63, 3.8) is 0 Å². The maximum absolute atomic E-state index is 10.3. The van der Waals surface area contributed by atoms with Gasteiger partial charge in [0.1, 0.15) is 0 Å². The molecule has 1 aliphatic rings. The van der Waals surface area contributed by atoms with Crippen LogP contribution in [0.3, 0.4) is 0 Å². The van der Waals surface area contributed by atoms with Gasteiger partial charge in [0, 0.05) is 28.3 Å². The second kappa shape index (κ2) is 4.48. The van der Waals surface area contributed by atoms with Gasteiger partial charge in [-0.3, -0.25) is 4.79 Å². The number of alkyl halides is 1. The fourth-order valence-electron chi connectivity index (χ4n) is 1.21. The molecule has 1 rings (SSSR count). The fraction of sp³-hybridized carbons (Fsp3) is 0.857. The van der Waals surface area contributed by atoms with Crippen molar-refractivity contribution in [3.8, 4) is 0 Å². The summed E-state index contributed by atoms with van der Waals surface area (Å²) in [6.07, 6.45) is 0.911. The Kier molecular flexibility index (Phi) is 3.86. The highest BCUT2D eigenvalue weighted by atomic mass is 79.9. The van der Waals surface area contributed by atoms with Crippen molar-refractivity contribution in [1.82, 2.24) is 0 Å². The molecule has 0 aliphatic carbocycles. The fourth-order valence-corrected chi connectivity index (χ4v) is 3.59. The molecule has 3 N–H and O–H groups in total. The molecule has 1 aliphatic heterocycles. The zero-order chi connectivity index (χ0) is 9.14. The molecule has 1 fully saturated rings. The molecule has 0 saturated carbocycles. The number of hydrogen-bond donors (Lipinski definition) is 2. The standard InChI is InChI=1S/C7H12BrNO2S/c8-4-3-12-5(7(4)9)1-2-6(10)11/h4-5,7H,1-3,9H2,(H,10,11)/t4-,5+,7+/m0/s1. The molecule has 0 amide bonds. The number of thioether (sulfide) groups is 1. The second-order valence-corrected chi connectivity index (χ2v) is 5.35. The lowest BCUT2D eigenvalue weighted by atomic mass is 10.1. The van der Waals surface area contributed by atoms with Gasteiger partial charge < -0.3 is 10.8 Å². The number of carboxylic acid groups (broad SMARTS) is 1. The van der Waals surface area contributed by atoms with Gasteiger partial charge in [0.2, 0.25) is 0 Å². The summed E-state index contributed by atoms with van der Waals surface area (Å²) in [7, 11) is 0. The third-order valence-corrected chi connectivity index (χ3v) is 4.85. The highest BCUT2D eigenvalue weighted by Gasteiger charge is 2.32. The summed E-state index contributed by atoms with van der Waals surface area (Å²) in [5, 5.41) is 8.77. The first-order valence-corrected chi connectivity index (χ1v) is 5.80. The van der Waals surface area contributed by atoms with Crippen LogP contribution in [0, 0.1) is 0 Å². The maximum atomic E-state index is 10.3. The minimum absolute atomic E-state index is 0.106. The van der Waals surface area contributed by atoms with E-state index in [4.69, 9.17) is 10.8 Å². The van der Waals surface area contributed by atoms with Crippen LogP contribution in [0.1, 0.15) is 12.8 Å². The van der Waals surface area contributed by atoms with E-state index in [0.717, 1.165) is 5.75 Å². The van der Waals surface area contributed by atoms with E-state index in [-0.39, 0.29) is 12.5 Å². The van der Waals surface area contributed by atoms with Crippen LogP contribution in [0.25, 0.3) is 0 Å². The molecule has 12 heavy (non-hydrogen) atoms. The van der Waals surface area contributed by atoms with Crippen LogP contribution in [0.4, 0.5) is 0 Å². The number of halogens is 1. The minimum atomic E-state index is -0.735. The van der Waals surface area contributed by atoms with E-state index in [1.54, 1.807) is 11.8 Å². The largest absolute Gasteiger partial charge is 0.481 e. The SMILES string of the molecule is N[C@@H]1[C@@H](Br)CS[C@@H]1CCC(=O)O. The molecule has 1 saturated heterocycles. The molecular formula is C7H12BrNO2S. The molecule has 0 radical (unpaired) electrons. The molecule has 0 aromatic heterocycles. The van der Waals surface area contributed by atoms with Gasteiger partial charge in [-0.15, -0.1) is 0 Å². The molecule has 0 aromatic rings. The van der Waals surface area contributed by atoms with Crippen molar-refractivity contribution >= 4 is 33.7 Å². The van der Waals surface area contributed by atoms with Gasteiger partial charge in [0.05, 0.1) is 0 Å². The van der Waals surface area contributed by atoms with Crippen LogP contribution in [-0.2, 0) is 4.79 Å². The molecule has 0 aromatic carbocycles. The van der Waals surface area contributed by atoms with Gasteiger partial charge in [-0.1, -0.05) is 15.9 Å². The molecule has 70 valence electrons. The summed E-state index contributed by atoms with van der Waals surface area (Å²) in [6.45, 7) is 0. The number of carboxylic acids is 1. The Bertz CT molecular complexity index is 179. The molecule has 1 heterocycles. The Morgan fingerprint density at radius 1 is 1.75 bits per heavy atom. The monoisotopic (exact) mass is 253 g/mol. The van der Waals surface area contributed by atoms with Gasteiger partial charge in [-0.2, -0.15) is 11.8 Å². The van der Waals surface area contributed by atoms with E-state index in [1.165, 1.54) is 0 Å². The van der Waals surface area contributed by atoms with E-state index in [2.05, 4.69) is 15.9 Å². The van der Waals surface area contributed by atoms with E-state index < -0.39 is 5.97 Å². The van der Waals surface area contributed by atoms with Crippen LogP contribution in [0.15, 0.2) is 0 Å². The quantitative estimate of drug-likeness (QED) is 0.739. The number of nitrogens with two attached hydrogens (primary N) is 1. The number of hydrogen-bond acceptors (Lipinski definition) is 3. The smallest absolute Gasteiger partial charge is 0.303 e. The van der Waals surface area contributed by atoms with Crippen molar-refractivity contribution in [3.05, 3.63) is 0 Å². The average molecular weight is 254 g/mol. The number of rotatable bonds is 3. The Morgan fingerprint density at radius 2 is 2.42 bits per heavy atom. The molecule has 5 heteroatoms. The van der Waals surface area contributed by atoms with Gasteiger partial charge >= 0.3 is 5.97 Å². The van der Waals surface area contributed by atoms with Crippen LogP contribution in [0.2, 0.25) is 0 Å². The predicted molar refractivity (Wildman–Crippen MR) is 53.8 cm³/mol. The molecule has 0 bridgehead atoms. The van der Waals surface area contributed by atoms with E-state index >= 15 is 0 Å². The minimum Gasteiger partial charge on any atom is -0.481 e.